The summed E-state index contributed by atoms with van der Waals surface area (Å²) in [6.07, 6.45) is 8.47. The Labute approximate surface area is 163 Å². The average molecular weight is 361 g/mol. The monoisotopic (exact) mass is 360 g/mol. The SMILES string of the molecule is CC.CC.CC.c1ccc(C2CCCN2C2CC3(CCNCC3)C2)cc1. The van der Waals surface area contributed by atoms with Gasteiger partial charge in [0.2, 0.25) is 0 Å². The average Bonchev–Trinajstić information content (AvgIpc) is 3.21. The van der Waals surface area contributed by atoms with Crippen molar-refractivity contribution in [3.63, 3.8) is 0 Å². The van der Waals surface area contributed by atoms with Gasteiger partial charge in [-0.3, -0.25) is 4.90 Å². The van der Waals surface area contributed by atoms with E-state index in [1.807, 2.05) is 41.5 Å². The van der Waals surface area contributed by atoms with Gasteiger partial charge in [-0.2, -0.15) is 0 Å². The normalized spacial score (nSPS) is 24.2. The molecule has 2 heteroatoms. The highest BCUT2D eigenvalue weighted by molar-refractivity contribution is 5.21. The van der Waals surface area contributed by atoms with Crippen LogP contribution in [-0.2, 0) is 0 Å². The van der Waals surface area contributed by atoms with Crippen LogP contribution in [0.25, 0.3) is 0 Å². The van der Waals surface area contributed by atoms with E-state index in [9.17, 15) is 0 Å². The van der Waals surface area contributed by atoms with Crippen molar-refractivity contribution < 1.29 is 0 Å². The van der Waals surface area contributed by atoms with Crippen LogP contribution in [0.2, 0.25) is 0 Å². The second kappa shape index (κ2) is 12.5. The van der Waals surface area contributed by atoms with Gasteiger partial charge in [0.05, 0.1) is 0 Å². The molecular formula is C24H44N2. The Morgan fingerprint density at radius 3 is 2.04 bits per heavy atom. The maximum atomic E-state index is 3.51. The Bertz CT molecular complexity index is 443. The molecule has 1 aromatic carbocycles. The fourth-order valence-corrected chi connectivity index (χ4v) is 4.80. The number of rotatable bonds is 2. The van der Waals surface area contributed by atoms with E-state index in [1.54, 1.807) is 0 Å². The van der Waals surface area contributed by atoms with E-state index in [0.717, 1.165) is 6.04 Å². The number of nitrogens with zero attached hydrogens (tertiary/aromatic N) is 1. The van der Waals surface area contributed by atoms with Gasteiger partial charge < -0.3 is 5.32 Å². The molecule has 26 heavy (non-hydrogen) atoms. The van der Waals surface area contributed by atoms with Crippen LogP contribution in [0.4, 0.5) is 0 Å². The van der Waals surface area contributed by atoms with Crippen LogP contribution >= 0.6 is 0 Å². The highest BCUT2D eigenvalue weighted by atomic mass is 15.2. The summed E-state index contributed by atoms with van der Waals surface area (Å²) in [5.74, 6) is 0. The van der Waals surface area contributed by atoms with Gasteiger partial charge in [-0.1, -0.05) is 71.9 Å². The van der Waals surface area contributed by atoms with Crippen LogP contribution < -0.4 is 5.32 Å². The number of nitrogens with one attached hydrogen (secondary N) is 1. The summed E-state index contributed by atoms with van der Waals surface area (Å²) in [5.41, 5.74) is 2.25. The lowest BCUT2D eigenvalue weighted by Crippen LogP contribution is -2.54. The van der Waals surface area contributed by atoms with Crippen LogP contribution in [0.1, 0.15) is 91.7 Å². The number of benzene rings is 1. The molecule has 1 N–H and O–H groups in total. The van der Waals surface area contributed by atoms with Crippen molar-refractivity contribution >= 4 is 0 Å². The number of hydrogen-bond donors (Lipinski definition) is 1. The maximum Gasteiger partial charge on any atom is 0.0351 e. The third-order valence-electron chi connectivity index (χ3n) is 5.95. The molecule has 2 nitrogen and oxygen atoms in total. The van der Waals surface area contributed by atoms with Crippen molar-refractivity contribution in [2.45, 2.75) is 92.2 Å². The lowest BCUT2D eigenvalue weighted by atomic mass is 9.60. The molecule has 2 aliphatic heterocycles. The molecule has 0 radical (unpaired) electrons. The third kappa shape index (κ3) is 5.57. The minimum Gasteiger partial charge on any atom is -0.317 e. The smallest absolute Gasteiger partial charge is 0.0351 e. The summed E-state index contributed by atoms with van der Waals surface area (Å²) in [6.45, 7) is 15.8. The van der Waals surface area contributed by atoms with Gasteiger partial charge in [0.25, 0.3) is 0 Å². The van der Waals surface area contributed by atoms with Gasteiger partial charge in [0, 0.05) is 12.1 Å². The molecular weight excluding hydrogens is 316 g/mol. The summed E-state index contributed by atoms with van der Waals surface area (Å²) in [4.78, 5) is 2.82. The van der Waals surface area contributed by atoms with Crippen molar-refractivity contribution in [3.05, 3.63) is 35.9 Å². The van der Waals surface area contributed by atoms with Crippen LogP contribution in [0, 0.1) is 5.41 Å². The summed E-state index contributed by atoms with van der Waals surface area (Å²) in [6, 6.07) is 12.7. The van der Waals surface area contributed by atoms with E-state index in [2.05, 4.69) is 40.5 Å². The van der Waals surface area contributed by atoms with Crippen LogP contribution in [0.15, 0.2) is 30.3 Å². The van der Waals surface area contributed by atoms with Crippen molar-refractivity contribution in [1.82, 2.24) is 10.2 Å². The Balaban J connectivity index is 0.000000515. The standard InChI is InChI=1S/C18H26N2.3C2H6/c1-2-5-15(6-3-1)17-7-4-12-20(17)16-13-18(14-16)8-10-19-11-9-18;3*1-2/h1-3,5-6,16-17,19H,4,7-14H2;3*1-2H3. The van der Waals surface area contributed by atoms with E-state index in [0.29, 0.717) is 11.5 Å². The zero-order valence-corrected chi connectivity index (χ0v) is 18.4. The van der Waals surface area contributed by atoms with E-state index in [-0.39, 0.29) is 0 Å². The highest BCUT2D eigenvalue weighted by Gasteiger charge is 2.48. The van der Waals surface area contributed by atoms with Crippen molar-refractivity contribution in [2.24, 2.45) is 5.41 Å². The molecule has 1 unspecified atom stereocenters. The summed E-state index contributed by atoms with van der Waals surface area (Å²) >= 11 is 0. The molecule has 2 heterocycles. The van der Waals surface area contributed by atoms with E-state index in [1.165, 1.54) is 63.7 Å². The van der Waals surface area contributed by atoms with Crippen LogP contribution in [-0.4, -0.2) is 30.6 Å². The van der Waals surface area contributed by atoms with Gasteiger partial charge >= 0.3 is 0 Å². The number of likely N-dealkylation sites (tertiary alicyclic amines) is 1. The van der Waals surface area contributed by atoms with Crippen molar-refractivity contribution in [1.29, 1.82) is 0 Å². The minimum atomic E-state index is 0.695. The lowest BCUT2D eigenvalue weighted by Gasteiger charge is -2.54. The predicted molar refractivity (Wildman–Crippen MR) is 117 cm³/mol. The van der Waals surface area contributed by atoms with Gasteiger partial charge in [0.15, 0.2) is 0 Å². The van der Waals surface area contributed by atoms with Gasteiger partial charge in [-0.05, 0) is 69.1 Å². The maximum absolute atomic E-state index is 3.51. The first-order valence-corrected chi connectivity index (χ1v) is 11.4. The van der Waals surface area contributed by atoms with Crippen LogP contribution in [0.3, 0.4) is 0 Å². The Hall–Kier alpha value is -0.860. The van der Waals surface area contributed by atoms with Gasteiger partial charge in [-0.25, -0.2) is 0 Å². The Kier molecular flexibility index (Phi) is 11.2. The molecule has 1 aliphatic carbocycles. The Morgan fingerprint density at radius 1 is 0.885 bits per heavy atom. The van der Waals surface area contributed by atoms with Crippen molar-refractivity contribution in [3.8, 4) is 0 Å². The molecule has 1 spiro atoms. The fraction of sp³-hybridized carbons (Fsp3) is 0.750. The molecule has 2 saturated heterocycles. The van der Waals surface area contributed by atoms with E-state index < -0.39 is 0 Å². The second-order valence-corrected chi connectivity index (χ2v) is 7.12. The largest absolute Gasteiger partial charge is 0.317 e. The van der Waals surface area contributed by atoms with E-state index >= 15 is 0 Å². The molecule has 3 fully saturated rings. The second-order valence-electron chi connectivity index (χ2n) is 7.12. The zero-order valence-electron chi connectivity index (χ0n) is 18.4. The summed E-state index contributed by atoms with van der Waals surface area (Å²) in [7, 11) is 0. The fourth-order valence-electron chi connectivity index (χ4n) is 4.80. The molecule has 1 aromatic rings. The topological polar surface area (TPSA) is 15.3 Å². The molecule has 150 valence electrons. The summed E-state index contributed by atoms with van der Waals surface area (Å²) in [5, 5.41) is 3.51. The zero-order chi connectivity index (χ0) is 19.4. The molecule has 1 saturated carbocycles. The number of hydrogen-bond acceptors (Lipinski definition) is 2. The van der Waals surface area contributed by atoms with Gasteiger partial charge in [-0.15, -0.1) is 0 Å². The third-order valence-corrected chi connectivity index (χ3v) is 5.95. The van der Waals surface area contributed by atoms with E-state index in [4.69, 9.17) is 0 Å². The molecule has 0 amide bonds. The first-order chi connectivity index (χ1) is 12.9. The highest BCUT2D eigenvalue weighted by Crippen LogP contribution is 2.52. The van der Waals surface area contributed by atoms with Crippen molar-refractivity contribution in [2.75, 3.05) is 19.6 Å². The summed E-state index contributed by atoms with van der Waals surface area (Å²) < 4.78 is 0. The molecule has 3 aliphatic rings. The molecule has 4 rings (SSSR count). The van der Waals surface area contributed by atoms with Crippen LogP contribution in [0.5, 0.6) is 0 Å². The quantitative estimate of drug-likeness (QED) is 0.653. The molecule has 0 aromatic heterocycles. The molecule has 1 atom stereocenters. The minimum absolute atomic E-state index is 0.695. The molecule has 0 bridgehead atoms. The van der Waals surface area contributed by atoms with Gasteiger partial charge in [0.1, 0.15) is 0 Å². The predicted octanol–water partition coefficient (Wildman–Crippen LogP) is 6.43. The lowest BCUT2D eigenvalue weighted by molar-refractivity contribution is -0.0264. The first kappa shape index (κ1) is 23.2. The Morgan fingerprint density at radius 2 is 1.46 bits per heavy atom. The number of piperidine rings is 1. The first-order valence-electron chi connectivity index (χ1n) is 11.4.